The molecule has 1 aliphatic carbocycles. The lowest BCUT2D eigenvalue weighted by molar-refractivity contribution is -0.113. The van der Waals surface area contributed by atoms with Crippen LogP contribution >= 0.6 is 23.1 Å². The number of aromatic nitrogens is 3. The van der Waals surface area contributed by atoms with Crippen molar-refractivity contribution in [2.75, 3.05) is 17.7 Å². The van der Waals surface area contributed by atoms with E-state index in [1.807, 2.05) is 36.6 Å². The molecule has 2 N–H and O–H groups in total. The van der Waals surface area contributed by atoms with E-state index in [0.717, 1.165) is 46.5 Å². The van der Waals surface area contributed by atoms with E-state index in [-0.39, 0.29) is 36.5 Å². The molecule has 2 amide bonds. The molecule has 10 nitrogen and oxygen atoms in total. The first kappa shape index (κ1) is 27.7. The lowest BCUT2D eigenvalue weighted by atomic mass is 10.1. The fourth-order valence-corrected chi connectivity index (χ4v) is 6.64. The second-order valence-corrected chi connectivity index (χ2v) is 11.3. The molecule has 208 valence electrons. The number of nitrogens with one attached hydrogen (secondary N) is 2. The minimum atomic E-state index is -0.402. The van der Waals surface area contributed by atoms with Crippen LogP contribution in [0, 0.1) is 13.8 Å². The maximum absolute atomic E-state index is 13.1. The number of esters is 1. The third-order valence-electron chi connectivity index (χ3n) is 6.66. The molecule has 0 radical (unpaired) electrons. The quantitative estimate of drug-likeness (QED) is 0.201. The van der Waals surface area contributed by atoms with Crippen LogP contribution in [0.25, 0.3) is 5.69 Å². The summed E-state index contributed by atoms with van der Waals surface area (Å²) in [6.07, 6.45) is 4.14. The zero-order valence-electron chi connectivity index (χ0n) is 22.4. The largest absolute Gasteiger partial charge is 0.462 e. The molecule has 0 unspecified atom stereocenters. The summed E-state index contributed by atoms with van der Waals surface area (Å²) in [6, 6.07) is 9.14. The highest BCUT2D eigenvalue weighted by Crippen LogP contribution is 2.39. The van der Waals surface area contributed by atoms with E-state index in [1.54, 1.807) is 19.1 Å². The van der Waals surface area contributed by atoms with Gasteiger partial charge in [-0.2, -0.15) is 0 Å². The number of carbonyl (C=O) groups is 3. The first-order chi connectivity index (χ1) is 19.4. The standard InChI is InChI=1S/C28H29N5O5S2/c1-4-37-27(36)24-18-9-6-12-21(18)40-26(24)30-23(34)15-39-28-32-31-22(14-29-25(35)20-11-7-13-38-20)33(28)19-10-5-8-16(2)17(19)3/h5,7-8,10-11,13H,4,6,9,12,14-15H2,1-3H3,(H,29,35)(H,30,34). The Kier molecular flexibility index (Phi) is 8.36. The topological polar surface area (TPSA) is 128 Å². The molecular weight excluding hydrogens is 550 g/mol. The van der Waals surface area contributed by atoms with Gasteiger partial charge in [0, 0.05) is 4.88 Å². The van der Waals surface area contributed by atoms with Crippen molar-refractivity contribution in [3.63, 3.8) is 0 Å². The van der Waals surface area contributed by atoms with Gasteiger partial charge in [0.1, 0.15) is 5.00 Å². The van der Waals surface area contributed by atoms with Gasteiger partial charge in [-0.1, -0.05) is 23.9 Å². The number of fused-ring (bicyclic) bond motifs is 1. The molecule has 0 fully saturated rings. The minimum absolute atomic E-state index is 0.0482. The van der Waals surface area contributed by atoms with Crippen molar-refractivity contribution in [2.24, 2.45) is 0 Å². The summed E-state index contributed by atoms with van der Waals surface area (Å²) >= 11 is 2.67. The third-order valence-corrected chi connectivity index (χ3v) is 8.79. The van der Waals surface area contributed by atoms with Crippen LogP contribution in [-0.4, -0.2) is 44.9 Å². The van der Waals surface area contributed by atoms with Crippen molar-refractivity contribution < 1.29 is 23.5 Å². The summed E-state index contributed by atoms with van der Waals surface area (Å²) in [6.45, 7) is 6.16. The van der Waals surface area contributed by atoms with E-state index in [9.17, 15) is 14.4 Å². The molecule has 12 heteroatoms. The monoisotopic (exact) mass is 579 g/mol. The Morgan fingerprint density at radius 3 is 2.77 bits per heavy atom. The smallest absolute Gasteiger partial charge is 0.341 e. The number of rotatable bonds is 10. The Balaban J connectivity index is 1.35. The predicted molar refractivity (Wildman–Crippen MR) is 152 cm³/mol. The number of aryl methyl sites for hydroxylation is 2. The Labute approximate surface area is 239 Å². The zero-order chi connectivity index (χ0) is 28.2. The van der Waals surface area contributed by atoms with Crippen LogP contribution in [0.1, 0.15) is 61.6 Å². The molecule has 5 rings (SSSR count). The third kappa shape index (κ3) is 5.68. The van der Waals surface area contributed by atoms with E-state index in [0.29, 0.717) is 21.5 Å². The van der Waals surface area contributed by atoms with Crippen LogP contribution in [0.5, 0.6) is 0 Å². The average molecular weight is 580 g/mol. The number of thiophene rings is 1. The Hall–Kier alpha value is -3.90. The number of anilines is 1. The molecular formula is C28H29N5O5S2. The normalized spacial score (nSPS) is 12.3. The second kappa shape index (κ2) is 12.1. The van der Waals surface area contributed by atoms with Gasteiger partial charge in [0.25, 0.3) is 5.91 Å². The fraction of sp³-hybridized carbons (Fsp3) is 0.321. The number of furan rings is 1. The molecule has 4 aromatic rings. The van der Waals surface area contributed by atoms with E-state index >= 15 is 0 Å². The number of ether oxygens (including phenoxy) is 1. The van der Waals surface area contributed by atoms with Crippen LogP contribution < -0.4 is 10.6 Å². The van der Waals surface area contributed by atoms with Crippen LogP contribution in [0.3, 0.4) is 0 Å². The number of benzene rings is 1. The second-order valence-electron chi connectivity index (χ2n) is 9.23. The molecule has 3 heterocycles. The summed E-state index contributed by atoms with van der Waals surface area (Å²) in [7, 11) is 0. The molecule has 0 saturated carbocycles. The van der Waals surface area contributed by atoms with Gasteiger partial charge in [0.15, 0.2) is 16.7 Å². The van der Waals surface area contributed by atoms with Crippen molar-refractivity contribution in [1.29, 1.82) is 0 Å². The highest BCUT2D eigenvalue weighted by Gasteiger charge is 2.28. The van der Waals surface area contributed by atoms with Crippen molar-refractivity contribution in [1.82, 2.24) is 20.1 Å². The lowest BCUT2D eigenvalue weighted by Crippen LogP contribution is -2.24. The number of hydrogen-bond acceptors (Lipinski definition) is 9. The molecule has 40 heavy (non-hydrogen) atoms. The van der Waals surface area contributed by atoms with Crippen LogP contribution in [0.15, 0.2) is 46.2 Å². The van der Waals surface area contributed by atoms with Gasteiger partial charge in [0.05, 0.1) is 36.4 Å². The van der Waals surface area contributed by atoms with Gasteiger partial charge in [-0.05, 0) is 74.9 Å². The highest BCUT2D eigenvalue weighted by molar-refractivity contribution is 7.99. The fourth-order valence-electron chi connectivity index (χ4n) is 4.59. The van der Waals surface area contributed by atoms with E-state index in [2.05, 4.69) is 20.8 Å². The van der Waals surface area contributed by atoms with Crippen molar-refractivity contribution in [2.45, 2.75) is 51.7 Å². The summed E-state index contributed by atoms with van der Waals surface area (Å²) < 4.78 is 12.3. The van der Waals surface area contributed by atoms with Gasteiger partial charge in [0.2, 0.25) is 5.91 Å². The van der Waals surface area contributed by atoms with Crippen LogP contribution in [-0.2, 0) is 28.9 Å². The number of hydrogen-bond donors (Lipinski definition) is 2. The first-order valence-electron chi connectivity index (χ1n) is 12.9. The van der Waals surface area contributed by atoms with Crippen molar-refractivity contribution in [3.8, 4) is 5.69 Å². The van der Waals surface area contributed by atoms with E-state index in [4.69, 9.17) is 9.15 Å². The Morgan fingerprint density at radius 1 is 1.15 bits per heavy atom. The lowest BCUT2D eigenvalue weighted by Gasteiger charge is -2.14. The Morgan fingerprint density at radius 2 is 2.00 bits per heavy atom. The number of amides is 2. The number of carbonyl (C=O) groups excluding carboxylic acids is 3. The van der Waals surface area contributed by atoms with Crippen molar-refractivity contribution >= 4 is 45.9 Å². The molecule has 0 aliphatic heterocycles. The van der Waals surface area contributed by atoms with Crippen LogP contribution in [0.4, 0.5) is 5.00 Å². The van der Waals surface area contributed by atoms with Gasteiger partial charge in [-0.15, -0.1) is 21.5 Å². The summed E-state index contributed by atoms with van der Waals surface area (Å²) in [5, 5.41) is 15.4. The molecule has 1 aliphatic rings. The Bertz CT molecular complexity index is 1560. The summed E-state index contributed by atoms with van der Waals surface area (Å²) in [5.74, 6) is -0.276. The van der Waals surface area contributed by atoms with Gasteiger partial charge in [-0.3, -0.25) is 14.2 Å². The zero-order valence-corrected chi connectivity index (χ0v) is 24.0. The maximum Gasteiger partial charge on any atom is 0.341 e. The first-order valence-corrected chi connectivity index (χ1v) is 14.7. The van der Waals surface area contributed by atoms with Crippen molar-refractivity contribution in [3.05, 3.63) is 75.3 Å². The van der Waals surface area contributed by atoms with Gasteiger partial charge in [-0.25, -0.2) is 4.79 Å². The predicted octanol–water partition coefficient (Wildman–Crippen LogP) is 4.86. The highest BCUT2D eigenvalue weighted by atomic mass is 32.2. The molecule has 0 saturated heterocycles. The van der Waals surface area contributed by atoms with E-state index in [1.165, 1.54) is 29.4 Å². The summed E-state index contributed by atoms with van der Waals surface area (Å²) in [5.41, 5.74) is 4.43. The van der Waals surface area contributed by atoms with Crippen LogP contribution in [0.2, 0.25) is 0 Å². The molecule has 3 aromatic heterocycles. The van der Waals surface area contributed by atoms with Gasteiger partial charge < -0.3 is 19.8 Å². The average Bonchev–Trinajstić information content (AvgIpc) is 3.73. The van der Waals surface area contributed by atoms with Gasteiger partial charge >= 0.3 is 5.97 Å². The maximum atomic E-state index is 13.1. The molecule has 1 aromatic carbocycles. The molecule has 0 spiro atoms. The number of thioether (sulfide) groups is 1. The molecule has 0 bridgehead atoms. The van der Waals surface area contributed by atoms with E-state index < -0.39 is 5.97 Å². The SMILES string of the molecule is CCOC(=O)c1c(NC(=O)CSc2nnc(CNC(=O)c3ccco3)n2-c2cccc(C)c2C)sc2c1CCC2. The number of nitrogens with zero attached hydrogens (tertiary/aromatic N) is 3. The molecule has 0 atom stereocenters. The summed E-state index contributed by atoms with van der Waals surface area (Å²) in [4.78, 5) is 39.3. The minimum Gasteiger partial charge on any atom is -0.462 e.